The molecule has 6 nitrogen and oxygen atoms in total. The zero-order valence-electron chi connectivity index (χ0n) is 14.1. The molecule has 1 aliphatic heterocycles. The summed E-state index contributed by atoms with van der Waals surface area (Å²) in [4.78, 5) is 15.7. The van der Waals surface area contributed by atoms with Crippen LogP contribution in [0.1, 0.15) is 12.5 Å². The van der Waals surface area contributed by atoms with Crippen molar-refractivity contribution in [2.45, 2.75) is 13.8 Å². The molecule has 1 N–H and O–H groups in total. The third-order valence-electron chi connectivity index (χ3n) is 4.32. The molecule has 0 aliphatic carbocycles. The first kappa shape index (κ1) is 17.7. The molecule has 128 valence electrons. The first-order valence-corrected chi connectivity index (χ1v) is 9.82. The second kappa shape index (κ2) is 7.31. The van der Waals surface area contributed by atoms with Gasteiger partial charge in [-0.2, -0.15) is 0 Å². The van der Waals surface area contributed by atoms with E-state index in [0.717, 1.165) is 31.5 Å². The van der Waals surface area contributed by atoms with Crippen molar-refractivity contribution in [3.63, 3.8) is 0 Å². The Bertz CT molecular complexity index is 635. The summed E-state index contributed by atoms with van der Waals surface area (Å²) >= 11 is 0. The predicted octanol–water partition coefficient (Wildman–Crippen LogP) is -0.492. The average molecular weight is 340 g/mol. The van der Waals surface area contributed by atoms with E-state index >= 15 is 0 Å². The number of nitrogens with one attached hydrogen (secondary N) is 1. The quantitative estimate of drug-likeness (QED) is 0.787. The molecule has 1 heterocycles. The fourth-order valence-corrected chi connectivity index (χ4v) is 3.61. The van der Waals surface area contributed by atoms with Crippen LogP contribution in [0.25, 0.3) is 0 Å². The third kappa shape index (κ3) is 4.68. The van der Waals surface area contributed by atoms with Crippen molar-refractivity contribution in [2.24, 2.45) is 0 Å². The summed E-state index contributed by atoms with van der Waals surface area (Å²) in [5.74, 6) is -0.133. The van der Waals surface area contributed by atoms with Gasteiger partial charge in [0.2, 0.25) is 15.9 Å². The van der Waals surface area contributed by atoms with Gasteiger partial charge < -0.3 is 9.80 Å². The van der Waals surface area contributed by atoms with Crippen molar-refractivity contribution in [2.75, 3.05) is 49.8 Å². The van der Waals surface area contributed by atoms with Crippen LogP contribution in [0.3, 0.4) is 0 Å². The van der Waals surface area contributed by atoms with Gasteiger partial charge in [-0.05, 0) is 26.0 Å². The van der Waals surface area contributed by atoms with Gasteiger partial charge in [0.1, 0.15) is 6.54 Å². The smallest absolute Gasteiger partial charge is 0.243 e. The molecule has 2 rings (SSSR count). The molecule has 1 aromatic carbocycles. The molecule has 1 fully saturated rings. The fourth-order valence-electron chi connectivity index (χ4n) is 2.76. The first-order chi connectivity index (χ1) is 10.8. The lowest BCUT2D eigenvalue weighted by Gasteiger charge is -2.33. The maximum Gasteiger partial charge on any atom is 0.243 e. The molecule has 0 unspecified atom stereocenters. The van der Waals surface area contributed by atoms with Gasteiger partial charge in [0.25, 0.3) is 0 Å². The molecule has 0 atom stereocenters. The maximum absolute atomic E-state index is 12.5. The SMILES string of the molecule is CC[NH+]1CCN(C(=O)CN(c2ccc(C)cc2)S(C)(=O)=O)CC1. The minimum absolute atomic E-state index is 0.133. The monoisotopic (exact) mass is 340 g/mol. The highest BCUT2D eigenvalue weighted by Crippen LogP contribution is 2.18. The minimum atomic E-state index is -3.50. The lowest BCUT2D eigenvalue weighted by atomic mass is 10.2. The highest BCUT2D eigenvalue weighted by Gasteiger charge is 2.27. The Kier molecular flexibility index (Phi) is 5.64. The maximum atomic E-state index is 12.5. The summed E-state index contributed by atoms with van der Waals surface area (Å²) in [7, 11) is -3.50. The Labute approximate surface area is 138 Å². The summed E-state index contributed by atoms with van der Waals surface area (Å²) < 4.78 is 25.4. The van der Waals surface area contributed by atoms with E-state index in [0.29, 0.717) is 18.8 Å². The topological polar surface area (TPSA) is 62.1 Å². The van der Waals surface area contributed by atoms with Crippen LogP contribution in [0.15, 0.2) is 24.3 Å². The summed E-state index contributed by atoms with van der Waals surface area (Å²) in [6.45, 7) is 8.22. The molecule has 1 saturated heterocycles. The van der Waals surface area contributed by atoms with Crippen LogP contribution in [0.4, 0.5) is 5.69 Å². The minimum Gasteiger partial charge on any atom is -0.332 e. The number of benzene rings is 1. The number of aryl methyl sites for hydroxylation is 1. The number of hydrogen-bond acceptors (Lipinski definition) is 3. The zero-order chi connectivity index (χ0) is 17.0. The molecule has 7 heteroatoms. The van der Waals surface area contributed by atoms with Gasteiger partial charge in [-0.15, -0.1) is 0 Å². The van der Waals surface area contributed by atoms with Crippen molar-refractivity contribution >= 4 is 21.6 Å². The molecule has 0 saturated carbocycles. The molecule has 0 spiro atoms. The van der Waals surface area contributed by atoms with Crippen LogP contribution in [0, 0.1) is 6.92 Å². The van der Waals surface area contributed by atoms with Crippen molar-refractivity contribution in [3.05, 3.63) is 29.8 Å². The number of likely N-dealkylation sites (N-methyl/N-ethyl adjacent to an activating group) is 1. The van der Waals surface area contributed by atoms with E-state index in [1.54, 1.807) is 17.0 Å². The van der Waals surface area contributed by atoms with Crippen molar-refractivity contribution < 1.29 is 18.1 Å². The van der Waals surface area contributed by atoms with Crippen LogP contribution in [-0.2, 0) is 14.8 Å². The Morgan fingerprint density at radius 3 is 2.26 bits per heavy atom. The van der Waals surface area contributed by atoms with Crippen LogP contribution >= 0.6 is 0 Å². The second-order valence-electron chi connectivity index (χ2n) is 6.09. The molecule has 1 aliphatic rings. The van der Waals surface area contributed by atoms with E-state index in [9.17, 15) is 13.2 Å². The van der Waals surface area contributed by atoms with E-state index in [1.807, 2.05) is 19.1 Å². The van der Waals surface area contributed by atoms with Crippen molar-refractivity contribution in [3.8, 4) is 0 Å². The molecular formula is C16H26N3O3S+. The van der Waals surface area contributed by atoms with Crippen LogP contribution in [-0.4, -0.2) is 64.7 Å². The van der Waals surface area contributed by atoms with Gasteiger partial charge in [0.05, 0.1) is 44.7 Å². The number of carbonyl (C=O) groups excluding carboxylic acids is 1. The van der Waals surface area contributed by atoms with E-state index in [2.05, 4.69) is 6.92 Å². The van der Waals surface area contributed by atoms with Gasteiger partial charge in [0, 0.05) is 0 Å². The Morgan fingerprint density at radius 2 is 1.78 bits per heavy atom. The van der Waals surface area contributed by atoms with Gasteiger partial charge in [-0.3, -0.25) is 9.10 Å². The van der Waals surface area contributed by atoms with Gasteiger partial charge in [0.15, 0.2) is 0 Å². The van der Waals surface area contributed by atoms with E-state index in [4.69, 9.17) is 0 Å². The summed E-state index contributed by atoms with van der Waals surface area (Å²) in [6, 6.07) is 7.18. The number of anilines is 1. The van der Waals surface area contributed by atoms with Crippen LogP contribution in [0.5, 0.6) is 0 Å². The standard InChI is InChI=1S/C16H25N3O3S/c1-4-17-9-11-18(12-10-17)16(20)13-19(23(3,21)22)15-7-5-14(2)6-8-15/h5-8H,4,9-13H2,1-3H3/p+1. The number of carbonyl (C=O) groups is 1. The molecule has 23 heavy (non-hydrogen) atoms. The highest BCUT2D eigenvalue weighted by atomic mass is 32.2. The van der Waals surface area contributed by atoms with E-state index in [1.165, 1.54) is 9.21 Å². The molecule has 0 aromatic heterocycles. The van der Waals surface area contributed by atoms with Crippen molar-refractivity contribution in [1.29, 1.82) is 0 Å². The lowest BCUT2D eigenvalue weighted by Crippen LogP contribution is -3.14. The Balaban J connectivity index is 2.10. The predicted molar refractivity (Wildman–Crippen MR) is 91.2 cm³/mol. The number of amides is 1. The normalized spacial score (nSPS) is 16.4. The highest BCUT2D eigenvalue weighted by molar-refractivity contribution is 7.92. The average Bonchev–Trinajstić information content (AvgIpc) is 2.52. The van der Waals surface area contributed by atoms with Gasteiger partial charge >= 0.3 is 0 Å². The van der Waals surface area contributed by atoms with Crippen molar-refractivity contribution in [1.82, 2.24) is 4.90 Å². The molecule has 1 amide bonds. The Morgan fingerprint density at radius 1 is 1.22 bits per heavy atom. The van der Waals surface area contributed by atoms with E-state index in [-0.39, 0.29) is 12.5 Å². The summed E-state index contributed by atoms with van der Waals surface area (Å²) in [5.41, 5.74) is 1.58. The summed E-state index contributed by atoms with van der Waals surface area (Å²) in [5, 5.41) is 0. The first-order valence-electron chi connectivity index (χ1n) is 7.97. The number of sulfonamides is 1. The van der Waals surface area contributed by atoms with Gasteiger partial charge in [-0.1, -0.05) is 17.7 Å². The van der Waals surface area contributed by atoms with Gasteiger partial charge in [-0.25, -0.2) is 8.42 Å². The second-order valence-corrected chi connectivity index (χ2v) is 8.00. The third-order valence-corrected chi connectivity index (χ3v) is 5.46. The number of rotatable bonds is 5. The molecule has 0 bridgehead atoms. The number of hydrogen-bond donors (Lipinski definition) is 1. The zero-order valence-corrected chi connectivity index (χ0v) is 14.9. The Hall–Kier alpha value is -1.60. The van der Waals surface area contributed by atoms with Crippen LogP contribution in [0.2, 0.25) is 0 Å². The summed E-state index contributed by atoms with van der Waals surface area (Å²) in [6.07, 6.45) is 1.14. The fraction of sp³-hybridized carbons (Fsp3) is 0.562. The largest absolute Gasteiger partial charge is 0.332 e. The number of nitrogens with zero attached hydrogens (tertiary/aromatic N) is 2. The van der Waals surface area contributed by atoms with E-state index < -0.39 is 10.0 Å². The number of quaternary nitrogens is 1. The molecule has 1 aromatic rings. The number of piperazine rings is 1. The molecular weight excluding hydrogens is 314 g/mol. The lowest BCUT2D eigenvalue weighted by molar-refractivity contribution is -0.902. The molecule has 0 radical (unpaired) electrons. The van der Waals surface area contributed by atoms with Crippen LogP contribution < -0.4 is 9.21 Å².